The molecule has 2 aliphatic rings. The second-order valence-corrected chi connectivity index (χ2v) is 11.3. The molecule has 6 rings (SSSR count). The number of fused-ring (bicyclic) bond motifs is 1. The molecule has 9 nitrogen and oxygen atoms in total. The standard InChI is InChI=1S/C28H31ClN6O3/c1-16-10-12-17(13-11-16)15-35-22-21(19-8-5-9-20(29)14-19)30-25(26-33-28(37)38-34-26)31-24(22)32-27(35)23(36)18-6-3-2-4-7-18/h5,8-9,14,16-18H,2-4,6-7,10-13,15H2,1H3,(H,33,34,37). The zero-order valence-corrected chi connectivity index (χ0v) is 22.2. The molecular weight excluding hydrogens is 504 g/mol. The van der Waals surface area contributed by atoms with E-state index in [1.807, 2.05) is 18.2 Å². The van der Waals surface area contributed by atoms with Gasteiger partial charge in [-0.25, -0.2) is 19.7 Å². The molecule has 1 N–H and O–H groups in total. The van der Waals surface area contributed by atoms with Gasteiger partial charge in [-0.2, -0.15) is 0 Å². The number of hydrogen-bond donors (Lipinski definition) is 1. The molecule has 38 heavy (non-hydrogen) atoms. The van der Waals surface area contributed by atoms with Crippen LogP contribution in [-0.2, 0) is 6.54 Å². The van der Waals surface area contributed by atoms with Crippen LogP contribution >= 0.6 is 11.6 Å². The first-order valence-electron chi connectivity index (χ1n) is 13.6. The van der Waals surface area contributed by atoms with Gasteiger partial charge in [0.1, 0.15) is 11.2 Å². The van der Waals surface area contributed by atoms with Crippen LogP contribution in [-0.4, -0.2) is 35.4 Å². The Bertz CT molecular complexity index is 1530. The molecule has 0 saturated heterocycles. The van der Waals surface area contributed by atoms with Crippen molar-refractivity contribution in [2.45, 2.75) is 71.3 Å². The molecule has 0 aliphatic heterocycles. The number of carbonyl (C=O) groups is 1. The number of benzene rings is 1. The number of hydrogen-bond acceptors (Lipinski definition) is 7. The fourth-order valence-electron chi connectivity index (χ4n) is 5.99. The number of Topliss-reactive ketones (excluding diaryl/α,β-unsaturated/α-hetero) is 1. The summed E-state index contributed by atoms with van der Waals surface area (Å²) in [6.45, 7) is 3.00. The van der Waals surface area contributed by atoms with Crippen LogP contribution < -0.4 is 5.76 Å². The molecule has 1 aromatic carbocycles. The number of imidazole rings is 1. The summed E-state index contributed by atoms with van der Waals surface area (Å²) >= 11 is 6.38. The van der Waals surface area contributed by atoms with Crippen molar-refractivity contribution >= 4 is 28.5 Å². The lowest BCUT2D eigenvalue weighted by Gasteiger charge is -2.27. The summed E-state index contributed by atoms with van der Waals surface area (Å²) in [5.74, 6) is 1.27. The van der Waals surface area contributed by atoms with Crippen molar-refractivity contribution in [3.05, 3.63) is 45.7 Å². The first-order valence-corrected chi connectivity index (χ1v) is 14.0. The average molecular weight is 535 g/mol. The molecule has 0 unspecified atom stereocenters. The Labute approximate surface area is 225 Å². The van der Waals surface area contributed by atoms with Crippen molar-refractivity contribution in [3.8, 4) is 22.9 Å². The number of nitrogens with zero attached hydrogens (tertiary/aromatic N) is 5. The van der Waals surface area contributed by atoms with E-state index in [4.69, 9.17) is 26.1 Å². The van der Waals surface area contributed by atoms with Crippen molar-refractivity contribution in [1.82, 2.24) is 29.7 Å². The summed E-state index contributed by atoms with van der Waals surface area (Å²) in [4.78, 5) is 42.4. The summed E-state index contributed by atoms with van der Waals surface area (Å²) < 4.78 is 6.78. The fraction of sp³-hybridized carbons (Fsp3) is 0.500. The SMILES string of the molecule is CC1CCC(Cn2c(C(=O)C3CCCCC3)nc3nc(-c4noc(=O)[nH]4)nc(-c4cccc(Cl)c4)c32)CC1. The third kappa shape index (κ3) is 4.91. The van der Waals surface area contributed by atoms with Gasteiger partial charge in [-0.05, 0) is 49.7 Å². The normalized spacial score (nSPS) is 20.7. The average Bonchev–Trinajstić information content (AvgIpc) is 3.53. The van der Waals surface area contributed by atoms with E-state index in [-0.39, 0.29) is 23.3 Å². The van der Waals surface area contributed by atoms with Crippen molar-refractivity contribution < 1.29 is 9.32 Å². The maximum atomic E-state index is 13.9. The summed E-state index contributed by atoms with van der Waals surface area (Å²) in [5.41, 5.74) is 2.47. The quantitative estimate of drug-likeness (QED) is 0.298. The van der Waals surface area contributed by atoms with E-state index in [1.165, 1.54) is 19.3 Å². The van der Waals surface area contributed by atoms with Crippen LogP contribution in [0.3, 0.4) is 0 Å². The Morgan fingerprint density at radius 1 is 1.08 bits per heavy atom. The summed E-state index contributed by atoms with van der Waals surface area (Å²) in [5, 5.41) is 4.35. The highest BCUT2D eigenvalue weighted by Crippen LogP contribution is 2.36. The van der Waals surface area contributed by atoms with Gasteiger partial charge in [0.05, 0.1) is 0 Å². The van der Waals surface area contributed by atoms with Crippen LogP contribution in [0.15, 0.2) is 33.6 Å². The zero-order valence-electron chi connectivity index (χ0n) is 21.5. The molecule has 4 aromatic rings. The second kappa shape index (κ2) is 10.4. The number of nitrogens with one attached hydrogen (secondary N) is 1. The predicted molar refractivity (Wildman–Crippen MR) is 144 cm³/mol. The van der Waals surface area contributed by atoms with Crippen LogP contribution in [0.5, 0.6) is 0 Å². The molecule has 0 amide bonds. The number of H-pyrrole nitrogens is 1. The lowest BCUT2D eigenvalue weighted by Crippen LogP contribution is -2.25. The molecule has 0 spiro atoms. The molecule has 2 saturated carbocycles. The first kappa shape index (κ1) is 25.0. The van der Waals surface area contributed by atoms with Crippen molar-refractivity contribution in [2.75, 3.05) is 0 Å². The van der Waals surface area contributed by atoms with Crippen molar-refractivity contribution in [1.29, 1.82) is 0 Å². The smallest absolute Gasteiger partial charge is 0.318 e. The van der Waals surface area contributed by atoms with E-state index in [2.05, 4.69) is 26.6 Å². The Hall–Kier alpha value is -3.33. The predicted octanol–water partition coefficient (Wildman–Crippen LogP) is 6.08. The number of aromatic nitrogens is 6. The van der Waals surface area contributed by atoms with E-state index in [0.29, 0.717) is 40.2 Å². The molecule has 2 aliphatic carbocycles. The largest absolute Gasteiger partial charge is 0.439 e. The topological polar surface area (TPSA) is 120 Å². The molecule has 2 fully saturated rings. The number of aromatic amines is 1. The van der Waals surface area contributed by atoms with Crippen LogP contribution in [0.1, 0.15) is 75.3 Å². The van der Waals surface area contributed by atoms with Crippen LogP contribution in [0, 0.1) is 17.8 Å². The van der Waals surface area contributed by atoms with Crippen LogP contribution in [0.4, 0.5) is 0 Å². The zero-order chi connectivity index (χ0) is 26.2. The van der Waals surface area contributed by atoms with Gasteiger partial charge in [0.25, 0.3) is 0 Å². The molecule has 3 aromatic heterocycles. The van der Waals surface area contributed by atoms with Gasteiger partial charge in [-0.1, -0.05) is 67.9 Å². The Balaban J connectivity index is 1.56. The van der Waals surface area contributed by atoms with Crippen LogP contribution in [0.25, 0.3) is 34.1 Å². The lowest BCUT2D eigenvalue weighted by molar-refractivity contribution is 0.0872. The van der Waals surface area contributed by atoms with E-state index in [0.717, 1.165) is 50.0 Å². The minimum Gasteiger partial charge on any atom is -0.318 e. The highest BCUT2D eigenvalue weighted by Gasteiger charge is 2.31. The van der Waals surface area contributed by atoms with Gasteiger partial charge in [-0.15, -0.1) is 0 Å². The molecule has 3 heterocycles. The first-order chi connectivity index (χ1) is 18.5. The minimum atomic E-state index is -0.696. The lowest BCUT2D eigenvalue weighted by atomic mass is 9.83. The number of carbonyl (C=O) groups excluding carboxylic acids is 1. The second-order valence-electron chi connectivity index (χ2n) is 10.9. The maximum Gasteiger partial charge on any atom is 0.439 e. The van der Waals surface area contributed by atoms with Gasteiger partial charge in [0, 0.05) is 23.0 Å². The van der Waals surface area contributed by atoms with Gasteiger partial charge in [0.15, 0.2) is 11.5 Å². The summed E-state index contributed by atoms with van der Waals surface area (Å²) in [6, 6.07) is 7.42. The van der Waals surface area contributed by atoms with Crippen LogP contribution in [0.2, 0.25) is 5.02 Å². The van der Waals surface area contributed by atoms with Gasteiger partial charge < -0.3 is 4.57 Å². The number of ketones is 1. The Kier molecular flexibility index (Phi) is 6.86. The monoisotopic (exact) mass is 534 g/mol. The summed E-state index contributed by atoms with van der Waals surface area (Å²) in [7, 11) is 0. The molecule has 198 valence electrons. The van der Waals surface area contributed by atoms with E-state index in [9.17, 15) is 9.59 Å². The fourth-order valence-corrected chi connectivity index (χ4v) is 6.18. The third-order valence-corrected chi connectivity index (χ3v) is 8.36. The Morgan fingerprint density at radius 3 is 2.58 bits per heavy atom. The molecule has 10 heteroatoms. The molecular formula is C28H31ClN6O3. The highest BCUT2D eigenvalue weighted by molar-refractivity contribution is 6.30. The molecule has 0 radical (unpaired) electrons. The van der Waals surface area contributed by atoms with E-state index < -0.39 is 5.76 Å². The highest BCUT2D eigenvalue weighted by atomic mass is 35.5. The Morgan fingerprint density at radius 2 is 1.87 bits per heavy atom. The molecule has 0 atom stereocenters. The van der Waals surface area contributed by atoms with E-state index in [1.54, 1.807) is 6.07 Å². The van der Waals surface area contributed by atoms with Gasteiger partial charge in [-0.3, -0.25) is 14.3 Å². The van der Waals surface area contributed by atoms with Gasteiger partial charge in [0.2, 0.25) is 17.4 Å². The number of rotatable bonds is 6. The summed E-state index contributed by atoms with van der Waals surface area (Å²) in [6.07, 6.45) is 9.68. The number of halogens is 1. The van der Waals surface area contributed by atoms with E-state index >= 15 is 0 Å². The third-order valence-electron chi connectivity index (χ3n) is 8.13. The van der Waals surface area contributed by atoms with Crippen molar-refractivity contribution in [3.63, 3.8) is 0 Å². The van der Waals surface area contributed by atoms with Gasteiger partial charge >= 0.3 is 5.76 Å². The maximum absolute atomic E-state index is 13.9. The minimum absolute atomic E-state index is 0.0281. The molecule has 0 bridgehead atoms. The van der Waals surface area contributed by atoms with Crippen molar-refractivity contribution in [2.24, 2.45) is 17.8 Å².